The van der Waals surface area contributed by atoms with E-state index in [9.17, 15) is 9.18 Å². The van der Waals surface area contributed by atoms with E-state index in [1.807, 2.05) is 0 Å². The van der Waals surface area contributed by atoms with Gasteiger partial charge in [-0.15, -0.1) is 0 Å². The van der Waals surface area contributed by atoms with Gasteiger partial charge in [0.05, 0.1) is 5.41 Å². The van der Waals surface area contributed by atoms with Gasteiger partial charge < -0.3 is 10.8 Å². The molecule has 1 aromatic rings. The third-order valence-electron chi connectivity index (χ3n) is 2.61. The summed E-state index contributed by atoms with van der Waals surface area (Å²) in [5.74, 6) is -1.21. The fourth-order valence-corrected chi connectivity index (χ4v) is 1.46. The van der Waals surface area contributed by atoms with Crippen molar-refractivity contribution in [3.05, 3.63) is 35.6 Å². The van der Waals surface area contributed by atoms with E-state index in [-0.39, 0.29) is 5.82 Å². The molecule has 3 nitrogen and oxygen atoms in total. The average molecular weight is 225 g/mol. The maximum atomic E-state index is 12.7. The molecule has 1 aromatic carbocycles. The molecule has 0 saturated carbocycles. The van der Waals surface area contributed by atoms with Gasteiger partial charge in [-0.2, -0.15) is 0 Å². The Bertz CT molecular complexity index is 373. The van der Waals surface area contributed by atoms with Crippen molar-refractivity contribution in [2.45, 2.75) is 26.3 Å². The molecule has 0 heterocycles. The van der Waals surface area contributed by atoms with E-state index < -0.39 is 17.4 Å². The van der Waals surface area contributed by atoms with Gasteiger partial charge in [-0.1, -0.05) is 12.1 Å². The minimum Gasteiger partial charge on any atom is -0.481 e. The molecule has 4 heteroatoms. The summed E-state index contributed by atoms with van der Waals surface area (Å²) in [4.78, 5) is 10.9. The first-order valence-corrected chi connectivity index (χ1v) is 5.07. The maximum Gasteiger partial charge on any atom is 0.309 e. The van der Waals surface area contributed by atoms with Gasteiger partial charge in [-0.3, -0.25) is 4.79 Å². The number of carboxylic acids is 1. The van der Waals surface area contributed by atoms with Crippen molar-refractivity contribution in [2.24, 2.45) is 11.1 Å². The van der Waals surface area contributed by atoms with Crippen LogP contribution in [0.3, 0.4) is 0 Å². The molecule has 0 aliphatic carbocycles. The lowest BCUT2D eigenvalue weighted by molar-refractivity contribution is -0.147. The topological polar surface area (TPSA) is 63.3 Å². The molecular formula is C12H16FNO2. The van der Waals surface area contributed by atoms with Crippen LogP contribution in [0, 0.1) is 11.2 Å². The van der Waals surface area contributed by atoms with Gasteiger partial charge in [0.1, 0.15) is 5.82 Å². The zero-order valence-electron chi connectivity index (χ0n) is 9.40. The van der Waals surface area contributed by atoms with Crippen molar-refractivity contribution < 1.29 is 14.3 Å². The summed E-state index contributed by atoms with van der Waals surface area (Å²) in [7, 11) is 0. The van der Waals surface area contributed by atoms with Crippen molar-refractivity contribution in [3.63, 3.8) is 0 Å². The molecule has 0 amide bonds. The number of benzene rings is 1. The van der Waals surface area contributed by atoms with E-state index in [1.165, 1.54) is 12.1 Å². The minimum atomic E-state index is -0.884. The Kier molecular flexibility index (Phi) is 3.65. The molecule has 16 heavy (non-hydrogen) atoms. The first-order chi connectivity index (χ1) is 7.33. The summed E-state index contributed by atoms with van der Waals surface area (Å²) >= 11 is 0. The van der Waals surface area contributed by atoms with E-state index in [0.29, 0.717) is 6.42 Å². The second-order valence-electron chi connectivity index (χ2n) is 4.55. The number of hydrogen-bond acceptors (Lipinski definition) is 2. The summed E-state index contributed by atoms with van der Waals surface area (Å²) in [6.07, 6.45) is 0.313. The molecule has 3 N–H and O–H groups in total. The van der Waals surface area contributed by atoms with Gasteiger partial charge in [-0.25, -0.2) is 4.39 Å². The molecule has 88 valence electrons. The maximum absolute atomic E-state index is 12.7. The van der Waals surface area contributed by atoms with E-state index in [1.54, 1.807) is 26.0 Å². The van der Waals surface area contributed by atoms with Crippen LogP contribution in [0.4, 0.5) is 4.39 Å². The predicted molar refractivity (Wildman–Crippen MR) is 59.4 cm³/mol. The Labute approximate surface area is 94.1 Å². The number of rotatable bonds is 4. The first-order valence-electron chi connectivity index (χ1n) is 5.07. The zero-order chi connectivity index (χ0) is 12.3. The van der Waals surface area contributed by atoms with Gasteiger partial charge in [0, 0.05) is 6.04 Å². The van der Waals surface area contributed by atoms with Crippen LogP contribution >= 0.6 is 0 Å². The second kappa shape index (κ2) is 4.61. The zero-order valence-corrected chi connectivity index (χ0v) is 9.40. The second-order valence-corrected chi connectivity index (χ2v) is 4.55. The number of carbonyl (C=O) groups is 1. The Morgan fingerprint density at radius 1 is 1.44 bits per heavy atom. The van der Waals surface area contributed by atoms with E-state index in [2.05, 4.69) is 0 Å². The summed E-state index contributed by atoms with van der Waals surface area (Å²) in [5, 5.41) is 8.97. The number of aliphatic carboxylic acids is 1. The predicted octanol–water partition coefficient (Wildman–Crippen LogP) is 2.33. The third-order valence-corrected chi connectivity index (χ3v) is 2.61. The molecular weight excluding hydrogens is 209 g/mol. The lowest BCUT2D eigenvalue weighted by Crippen LogP contribution is -2.28. The van der Waals surface area contributed by atoms with Crippen LogP contribution < -0.4 is 5.73 Å². The summed E-state index contributed by atoms with van der Waals surface area (Å²) in [6, 6.07) is 5.41. The first kappa shape index (κ1) is 12.6. The van der Waals surface area contributed by atoms with Gasteiger partial charge in [-0.05, 0) is 38.0 Å². The van der Waals surface area contributed by atoms with Crippen molar-refractivity contribution in [2.75, 3.05) is 0 Å². The Morgan fingerprint density at radius 2 is 1.94 bits per heavy atom. The number of carboxylic acid groups (broad SMARTS) is 1. The summed E-state index contributed by atoms with van der Waals surface area (Å²) in [5.41, 5.74) is 5.75. The Morgan fingerprint density at radius 3 is 2.38 bits per heavy atom. The van der Waals surface area contributed by atoms with Crippen molar-refractivity contribution in [3.8, 4) is 0 Å². The van der Waals surface area contributed by atoms with E-state index in [4.69, 9.17) is 10.8 Å². The van der Waals surface area contributed by atoms with Crippen LogP contribution in [-0.2, 0) is 4.79 Å². The lowest BCUT2D eigenvalue weighted by Gasteiger charge is -2.23. The quantitative estimate of drug-likeness (QED) is 0.826. The summed E-state index contributed by atoms with van der Waals surface area (Å²) in [6.45, 7) is 3.25. The van der Waals surface area contributed by atoms with Gasteiger partial charge in [0.2, 0.25) is 0 Å². The highest BCUT2D eigenvalue weighted by Gasteiger charge is 2.29. The highest BCUT2D eigenvalue weighted by Crippen LogP contribution is 2.28. The smallest absolute Gasteiger partial charge is 0.309 e. The van der Waals surface area contributed by atoms with Crippen LogP contribution in [0.1, 0.15) is 31.9 Å². The van der Waals surface area contributed by atoms with Gasteiger partial charge >= 0.3 is 5.97 Å². The van der Waals surface area contributed by atoms with Gasteiger partial charge in [0.25, 0.3) is 0 Å². The molecule has 0 saturated heterocycles. The summed E-state index contributed by atoms with van der Waals surface area (Å²) < 4.78 is 12.7. The normalized spacial score (nSPS) is 13.5. The van der Waals surface area contributed by atoms with Crippen LogP contribution in [0.5, 0.6) is 0 Å². The Hall–Kier alpha value is -1.42. The van der Waals surface area contributed by atoms with Crippen LogP contribution in [0.2, 0.25) is 0 Å². The van der Waals surface area contributed by atoms with Crippen molar-refractivity contribution in [1.82, 2.24) is 0 Å². The Balaban J connectivity index is 2.76. The largest absolute Gasteiger partial charge is 0.481 e. The molecule has 0 aromatic heterocycles. The molecule has 0 radical (unpaired) electrons. The van der Waals surface area contributed by atoms with Gasteiger partial charge in [0.15, 0.2) is 0 Å². The van der Waals surface area contributed by atoms with E-state index >= 15 is 0 Å². The molecule has 0 bridgehead atoms. The molecule has 1 rings (SSSR count). The SMILES string of the molecule is CC(C)(CC(N)c1ccc(F)cc1)C(=O)O. The number of hydrogen-bond donors (Lipinski definition) is 2. The fourth-order valence-electron chi connectivity index (χ4n) is 1.46. The number of halogens is 1. The monoisotopic (exact) mass is 225 g/mol. The molecule has 1 atom stereocenters. The third kappa shape index (κ3) is 3.03. The molecule has 0 spiro atoms. The van der Waals surface area contributed by atoms with Crippen LogP contribution in [0.25, 0.3) is 0 Å². The lowest BCUT2D eigenvalue weighted by atomic mass is 9.84. The van der Waals surface area contributed by atoms with E-state index in [0.717, 1.165) is 5.56 Å². The molecule has 1 unspecified atom stereocenters. The fraction of sp³-hybridized carbons (Fsp3) is 0.417. The van der Waals surface area contributed by atoms with Crippen molar-refractivity contribution >= 4 is 5.97 Å². The minimum absolute atomic E-state index is 0.313. The number of nitrogens with two attached hydrogens (primary N) is 1. The average Bonchev–Trinajstić information content (AvgIpc) is 2.17. The van der Waals surface area contributed by atoms with Crippen LogP contribution in [-0.4, -0.2) is 11.1 Å². The molecule has 0 fully saturated rings. The van der Waals surface area contributed by atoms with Crippen molar-refractivity contribution in [1.29, 1.82) is 0 Å². The highest BCUT2D eigenvalue weighted by atomic mass is 19.1. The molecule has 0 aliphatic rings. The molecule has 0 aliphatic heterocycles. The standard InChI is InChI=1S/C12H16FNO2/c1-12(2,11(15)16)7-10(14)8-3-5-9(13)6-4-8/h3-6,10H,7,14H2,1-2H3,(H,15,16). The van der Waals surface area contributed by atoms with Crippen LogP contribution in [0.15, 0.2) is 24.3 Å². The highest BCUT2D eigenvalue weighted by molar-refractivity contribution is 5.73.